The average Bonchev–Trinajstić information content (AvgIpc) is 3.17. The van der Waals surface area contributed by atoms with Crippen LogP contribution in [-0.2, 0) is 13.1 Å². The summed E-state index contributed by atoms with van der Waals surface area (Å²) in [5.74, 6) is 0.745. The van der Waals surface area contributed by atoms with Gasteiger partial charge in [-0.2, -0.15) is 0 Å². The van der Waals surface area contributed by atoms with Gasteiger partial charge in [0.15, 0.2) is 0 Å². The number of furan rings is 1. The Hall–Kier alpha value is -2.33. The number of aromatic nitrogens is 1. The van der Waals surface area contributed by atoms with Gasteiger partial charge in [-0.3, -0.25) is 4.90 Å². The van der Waals surface area contributed by atoms with E-state index in [-0.39, 0.29) is 11.9 Å². The fraction of sp³-hybridized carbons (Fsp3) is 0.263. The summed E-state index contributed by atoms with van der Waals surface area (Å²) in [5, 5.41) is 0. The van der Waals surface area contributed by atoms with Gasteiger partial charge in [0.1, 0.15) is 11.6 Å². The van der Waals surface area contributed by atoms with Crippen molar-refractivity contribution >= 4 is 0 Å². The van der Waals surface area contributed by atoms with Gasteiger partial charge in [-0.05, 0) is 48.4 Å². The third-order valence-electron chi connectivity index (χ3n) is 4.46. The Kier molecular flexibility index (Phi) is 3.75. The molecular weight excluding hydrogens is 291 g/mol. The number of fused-ring (bicyclic) bond motifs is 1. The number of hydrogen-bond donors (Lipinski definition) is 0. The summed E-state index contributed by atoms with van der Waals surface area (Å²) >= 11 is 0. The first-order chi connectivity index (χ1) is 11.3. The average molecular weight is 310 g/mol. The standard InChI is InChI=1S/C19H19FN2O/c20-16-6-1-5-15(13-16)19-18-8-2-9-21(18)10-4-11-22(19)14-17-7-3-12-23-17/h1-3,5-9,12-13,19H,4,10-11,14H2. The van der Waals surface area contributed by atoms with Gasteiger partial charge in [0.2, 0.25) is 0 Å². The van der Waals surface area contributed by atoms with Crippen LogP contribution < -0.4 is 0 Å². The van der Waals surface area contributed by atoms with Crippen LogP contribution in [0, 0.1) is 5.82 Å². The predicted molar refractivity (Wildman–Crippen MR) is 86.4 cm³/mol. The molecule has 1 aliphatic rings. The second kappa shape index (κ2) is 6.05. The molecule has 3 heterocycles. The molecule has 3 nitrogen and oxygen atoms in total. The zero-order chi connectivity index (χ0) is 15.6. The van der Waals surface area contributed by atoms with Crippen molar-refractivity contribution in [2.45, 2.75) is 25.6 Å². The molecule has 0 spiro atoms. The SMILES string of the molecule is Fc1cccc(C2c3cccn3CCCN2Cc2ccco2)c1. The zero-order valence-electron chi connectivity index (χ0n) is 12.9. The van der Waals surface area contributed by atoms with Crippen molar-refractivity contribution in [3.05, 3.63) is 83.8 Å². The summed E-state index contributed by atoms with van der Waals surface area (Å²) in [4.78, 5) is 2.37. The highest BCUT2D eigenvalue weighted by molar-refractivity contribution is 5.30. The van der Waals surface area contributed by atoms with Gasteiger partial charge in [0, 0.05) is 25.0 Å². The van der Waals surface area contributed by atoms with Crippen LogP contribution in [0.4, 0.5) is 4.39 Å². The van der Waals surface area contributed by atoms with Crippen molar-refractivity contribution in [1.82, 2.24) is 9.47 Å². The fourth-order valence-corrected chi connectivity index (χ4v) is 3.47. The highest BCUT2D eigenvalue weighted by Gasteiger charge is 2.28. The molecule has 0 saturated heterocycles. The molecule has 0 amide bonds. The van der Waals surface area contributed by atoms with Gasteiger partial charge < -0.3 is 8.98 Å². The van der Waals surface area contributed by atoms with Crippen LogP contribution in [0.1, 0.15) is 29.5 Å². The lowest BCUT2D eigenvalue weighted by Gasteiger charge is -2.29. The van der Waals surface area contributed by atoms with Crippen LogP contribution in [0.2, 0.25) is 0 Å². The molecule has 4 heteroatoms. The van der Waals surface area contributed by atoms with E-state index in [0.717, 1.165) is 37.4 Å². The monoisotopic (exact) mass is 310 g/mol. The lowest BCUT2D eigenvalue weighted by Crippen LogP contribution is -2.29. The molecule has 0 saturated carbocycles. The lowest BCUT2D eigenvalue weighted by molar-refractivity contribution is 0.203. The molecule has 118 valence electrons. The van der Waals surface area contributed by atoms with Crippen LogP contribution in [-0.4, -0.2) is 16.0 Å². The maximum atomic E-state index is 13.8. The molecular formula is C19H19FN2O. The third-order valence-corrected chi connectivity index (χ3v) is 4.46. The Labute approximate surface area is 135 Å². The van der Waals surface area contributed by atoms with E-state index in [9.17, 15) is 4.39 Å². The number of benzene rings is 1. The van der Waals surface area contributed by atoms with Crippen molar-refractivity contribution in [3.8, 4) is 0 Å². The van der Waals surface area contributed by atoms with E-state index in [4.69, 9.17) is 4.42 Å². The van der Waals surface area contributed by atoms with Crippen molar-refractivity contribution in [2.24, 2.45) is 0 Å². The minimum absolute atomic E-state index is 0.0355. The summed E-state index contributed by atoms with van der Waals surface area (Å²) in [6.45, 7) is 2.66. The molecule has 1 atom stereocenters. The van der Waals surface area contributed by atoms with E-state index in [0.29, 0.717) is 0 Å². The molecule has 1 unspecified atom stereocenters. The molecule has 0 fully saturated rings. The van der Waals surface area contributed by atoms with Gasteiger partial charge in [-0.15, -0.1) is 0 Å². The Morgan fingerprint density at radius 2 is 2.04 bits per heavy atom. The Morgan fingerprint density at radius 3 is 2.87 bits per heavy atom. The molecule has 0 radical (unpaired) electrons. The molecule has 0 aliphatic carbocycles. The van der Waals surface area contributed by atoms with Gasteiger partial charge in [-0.25, -0.2) is 4.39 Å². The second-order valence-electron chi connectivity index (χ2n) is 5.99. The molecule has 3 aromatic rings. The summed E-state index contributed by atoms with van der Waals surface area (Å²) in [6.07, 6.45) is 4.87. The minimum atomic E-state index is -0.192. The van der Waals surface area contributed by atoms with Crippen molar-refractivity contribution in [3.63, 3.8) is 0 Å². The molecule has 1 aliphatic heterocycles. The minimum Gasteiger partial charge on any atom is -0.468 e. The number of aryl methyl sites for hydroxylation is 1. The van der Waals surface area contributed by atoms with Crippen LogP contribution >= 0.6 is 0 Å². The number of hydrogen-bond acceptors (Lipinski definition) is 2. The molecule has 0 bridgehead atoms. The zero-order valence-corrected chi connectivity index (χ0v) is 12.9. The smallest absolute Gasteiger partial charge is 0.123 e. The largest absolute Gasteiger partial charge is 0.468 e. The maximum Gasteiger partial charge on any atom is 0.123 e. The second-order valence-corrected chi connectivity index (χ2v) is 5.99. The predicted octanol–water partition coefficient (Wildman–Crippen LogP) is 4.22. The molecule has 0 N–H and O–H groups in total. The highest BCUT2D eigenvalue weighted by Crippen LogP contribution is 2.33. The Morgan fingerprint density at radius 1 is 1.09 bits per heavy atom. The maximum absolute atomic E-state index is 13.8. The fourth-order valence-electron chi connectivity index (χ4n) is 3.47. The number of nitrogens with zero attached hydrogens (tertiary/aromatic N) is 2. The van der Waals surface area contributed by atoms with Crippen molar-refractivity contribution in [2.75, 3.05) is 6.54 Å². The Bertz CT molecular complexity index is 778. The molecule has 23 heavy (non-hydrogen) atoms. The third kappa shape index (κ3) is 2.82. The van der Waals surface area contributed by atoms with E-state index >= 15 is 0 Å². The molecule has 1 aromatic carbocycles. The highest BCUT2D eigenvalue weighted by atomic mass is 19.1. The van der Waals surface area contributed by atoms with Crippen molar-refractivity contribution < 1.29 is 8.81 Å². The van der Waals surface area contributed by atoms with E-state index in [1.165, 1.54) is 11.8 Å². The first-order valence-corrected chi connectivity index (χ1v) is 7.98. The first kappa shape index (κ1) is 14.3. The quantitative estimate of drug-likeness (QED) is 0.722. The van der Waals surface area contributed by atoms with Crippen LogP contribution in [0.15, 0.2) is 65.4 Å². The lowest BCUT2D eigenvalue weighted by atomic mass is 10.0. The molecule has 4 rings (SSSR count). The first-order valence-electron chi connectivity index (χ1n) is 7.98. The molecule has 2 aromatic heterocycles. The van der Waals surface area contributed by atoms with Gasteiger partial charge in [0.25, 0.3) is 0 Å². The van der Waals surface area contributed by atoms with Gasteiger partial charge in [0.05, 0.1) is 18.8 Å². The summed E-state index contributed by atoms with van der Waals surface area (Å²) in [6, 6.07) is 15.1. The summed E-state index contributed by atoms with van der Waals surface area (Å²) in [5.41, 5.74) is 2.19. The van der Waals surface area contributed by atoms with E-state index in [2.05, 4.69) is 27.8 Å². The van der Waals surface area contributed by atoms with Crippen LogP contribution in [0.3, 0.4) is 0 Å². The normalized spacial score (nSPS) is 18.6. The van der Waals surface area contributed by atoms with Crippen LogP contribution in [0.5, 0.6) is 0 Å². The number of rotatable bonds is 3. The summed E-state index contributed by atoms with van der Waals surface area (Å²) < 4.78 is 21.6. The van der Waals surface area contributed by atoms with Crippen LogP contribution in [0.25, 0.3) is 0 Å². The van der Waals surface area contributed by atoms with Crippen molar-refractivity contribution in [1.29, 1.82) is 0 Å². The Balaban J connectivity index is 1.77. The summed E-state index contributed by atoms with van der Waals surface area (Å²) in [7, 11) is 0. The number of halogens is 1. The van der Waals surface area contributed by atoms with Gasteiger partial charge >= 0.3 is 0 Å². The van der Waals surface area contributed by atoms with E-state index in [1.807, 2.05) is 18.2 Å². The topological polar surface area (TPSA) is 21.3 Å². The van der Waals surface area contributed by atoms with E-state index in [1.54, 1.807) is 18.4 Å². The van der Waals surface area contributed by atoms with E-state index < -0.39 is 0 Å². The van der Waals surface area contributed by atoms with Gasteiger partial charge in [-0.1, -0.05) is 12.1 Å².